The van der Waals surface area contributed by atoms with E-state index in [0.717, 1.165) is 5.82 Å². The summed E-state index contributed by atoms with van der Waals surface area (Å²) in [6, 6.07) is 0. The Kier molecular flexibility index (Phi) is 5.73. The van der Waals surface area contributed by atoms with E-state index in [0.29, 0.717) is 13.0 Å². The number of hydrogen-bond acceptors (Lipinski definition) is 4. The number of rotatable bonds is 6. The Morgan fingerprint density at radius 2 is 2.05 bits per heavy atom. The summed E-state index contributed by atoms with van der Waals surface area (Å²) in [6.07, 6.45) is 4.50. The van der Waals surface area contributed by atoms with Gasteiger partial charge in [-0.2, -0.15) is 0 Å². The van der Waals surface area contributed by atoms with E-state index in [1.54, 1.807) is 27.0 Å². The van der Waals surface area contributed by atoms with Crippen molar-refractivity contribution in [2.75, 3.05) is 6.54 Å². The average Bonchev–Trinajstić information content (AvgIpc) is 2.70. The fourth-order valence-electron chi connectivity index (χ4n) is 1.65. The van der Waals surface area contributed by atoms with Crippen molar-refractivity contribution in [3.8, 4) is 0 Å². The normalized spacial score (nSPS) is 11.2. The van der Waals surface area contributed by atoms with E-state index < -0.39 is 5.60 Å². The largest absolute Gasteiger partial charge is 0.460 e. The Bertz CT molecular complexity index is 460. The summed E-state index contributed by atoms with van der Waals surface area (Å²) < 4.78 is 7.04. The molecule has 1 aromatic heterocycles. The zero-order valence-corrected chi connectivity index (χ0v) is 12.6. The zero-order chi connectivity index (χ0) is 15.2. The van der Waals surface area contributed by atoms with Gasteiger partial charge in [0.2, 0.25) is 5.91 Å². The summed E-state index contributed by atoms with van der Waals surface area (Å²) in [6.45, 7) is 5.92. The van der Waals surface area contributed by atoms with E-state index in [4.69, 9.17) is 4.74 Å². The van der Waals surface area contributed by atoms with Gasteiger partial charge in [0, 0.05) is 38.8 Å². The Labute approximate surface area is 119 Å². The van der Waals surface area contributed by atoms with Crippen molar-refractivity contribution in [2.24, 2.45) is 7.05 Å². The van der Waals surface area contributed by atoms with Gasteiger partial charge in [-0.1, -0.05) is 0 Å². The van der Waals surface area contributed by atoms with Crippen LogP contribution in [0, 0.1) is 0 Å². The van der Waals surface area contributed by atoms with Crippen LogP contribution in [0.2, 0.25) is 0 Å². The number of amides is 1. The molecule has 1 N–H and O–H groups in total. The van der Waals surface area contributed by atoms with Gasteiger partial charge in [0.05, 0.1) is 6.42 Å². The molecule has 0 aliphatic carbocycles. The minimum absolute atomic E-state index is 0.103. The molecule has 1 rings (SSSR count). The summed E-state index contributed by atoms with van der Waals surface area (Å²) in [4.78, 5) is 27.2. The molecule has 0 fully saturated rings. The maximum absolute atomic E-state index is 11.6. The Morgan fingerprint density at radius 3 is 2.60 bits per heavy atom. The Hall–Kier alpha value is -1.85. The molecule has 1 amide bonds. The molecule has 112 valence electrons. The lowest BCUT2D eigenvalue weighted by molar-refractivity contribution is -0.155. The number of esters is 1. The average molecular weight is 281 g/mol. The Balaban J connectivity index is 2.18. The number of nitrogens with zero attached hydrogens (tertiary/aromatic N) is 2. The number of hydrogen-bond donors (Lipinski definition) is 1. The van der Waals surface area contributed by atoms with E-state index in [1.807, 2.05) is 17.8 Å². The van der Waals surface area contributed by atoms with E-state index in [2.05, 4.69) is 10.3 Å². The molecule has 6 heteroatoms. The van der Waals surface area contributed by atoms with E-state index >= 15 is 0 Å². The second kappa shape index (κ2) is 7.07. The van der Waals surface area contributed by atoms with Gasteiger partial charge in [0.15, 0.2) is 0 Å². The van der Waals surface area contributed by atoms with Gasteiger partial charge >= 0.3 is 5.97 Å². The molecule has 0 saturated carbocycles. The van der Waals surface area contributed by atoms with Crippen molar-refractivity contribution in [1.29, 1.82) is 0 Å². The molecular weight excluding hydrogens is 258 g/mol. The van der Waals surface area contributed by atoms with E-state index in [1.165, 1.54) is 0 Å². The summed E-state index contributed by atoms with van der Waals surface area (Å²) in [5.41, 5.74) is -0.508. The third kappa shape index (κ3) is 6.36. The maximum Gasteiger partial charge on any atom is 0.306 e. The van der Waals surface area contributed by atoms with Crippen LogP contribution >= 0.6 is 0 Å². The van der Waals surface area contributed by atoms with Crippen LogP contribution in [0.25, 0.3) is 0 Å². The molecule has 6 nitrogen and oxygen atoms in total. The molecule has 0 atom stereocenters. The van der Waals surface area contributed by atoms with Crippen LogP contribution in [0.15, 0.2) is 12.4 Å². The van der Waals surface area contributed by atoms with Crippen molar-refractivity contribution in [1.82, 2.24) is 14.9 Å². The monoisotopic (exact) mass is 281 g/mol. The molecule has 0 bridgehead atoms. The highest BCUT2D eigenvalue weighted by Crippen LogP contribution is 2.08. The molecule has 1 aromatic rings. The summed E-state index contributed by atoms with van der Waals surface area (Å²) >= 11 is 0. The van der Waals surface area contributed by atoms with Crippen molar-refractivity contribution < 1.29 is 14.3 Å². The van der Waals surface area contributed by atoms with Gasteiger partial charge in [0.1, 0.15) is 11.4 Å². The standard InChI is InChI=1S/C14H23N3O3/c1-14(2,3)20-13(19)6-5-12(18)16-8-7-11-15-9-10-17(11)4/h9-10H,5-8H2,1-4H3,(H,16,18). The van der Waals surface area contributed by atoms with Gasteiger partial charge in [0.25, 0.3) is 0 Å². The van der Waals surface area contributed by atoms with Crippen LogP contribution in [0.1, 0.15) is 39.4 Å². The summed E-state index contributed by atoms with van der Waals surface area (Å²) in [5, 5.41) is 2.77. The molecule has 0 aromatic carbocycles. The molecular formula is C14H23N3O3. The predicted octanol–water partition coefficient (Wildman–Crippen LogP) is 1.20. The fraction of sp³-hybridized carbons (Fsp3) is 0.643. The molecule has 0 unspecified atom stereocenters. The highest BCUT2D eigenvalue weighted by atomic mass is 16.6. The SMILES string of the molecule is Cn1ccnc1CCNC(=O)CCC(=O)OC(C)(C)C. The third-order valence-electron chi connectivity index (χ3n) is 2.57. The van der Waals surface area contributed by atoms with E-state index in [-0.39, 0.29) is 24.7 Å². The van der Waals surface area contributed by atoms with Crippen molar-refractivity contribution >= 4 is 11.9 Å². The molecule has 0 radical (unpaired) electrons. The lowest BCUT2D eigenvalue weighted by Gasteiger charge is -2.19. The fourth-order valence-corrected chi connectivity index (χ4v) is 1.65. The van der Waals surface area contributed by atoms with Gasteiger partial charge in [-0.3, -0.25) is 9.59 Å². The number of ether oxygens (including phenoxy) is 1. The molecule has 0 aliphatic rings. The number of carbonyl (C=O) groups excluding carboxylic acids is 2. The van der Waals surface area contributed by atoms with Gasteiger partial charge in [-0.15, -0.1) is 0 Å². The number of aromatic nitrogens is 2. The van der Waals surface area contributed by atoms with Crippen LogP contribution in [0.5, 0.6) is 0 Å². The molecule has 0 aliphatic heterocycles. The van der Waals surface area contributed by atoms with Crippen LogP contribution in [0.3, 0.4) is 0 Å². The molecule has 20 heavy (non-hydrogen) atoms. The highest BCUT2D eigenvalue weighted by molar-refractivity contribution is 5.81. The lowest BCUT2D eigenvalue weighted by atomic mass is 10.2. The van der Waals surface area contributed by atoms with Crippen LogP contribution in [-0.4, -0.2) is 33.6 Å². The molecule has 0 spiro atoms. The number of aryl methyl sites for hydroxylation is 1. The van der Waals surface area contributed by atoms with Crippen molar-refractivity contribution in [3.63, 3.8) is 0 Å². The highest BCUT2D eigenvalue weighted by Gasteiger charge is 2.16. The van der Waals surface area contributed by atoms with Crippen LogP contribution in [-0.2, 0) is 27.8 Å². The quantitative estimate of drug-likeness (QED) is 0.795. The first-order valence-corrected chi connectivity index (χ1v) is 6.72. The summed E-state index contributed by atoms with van der Waals surface area (Å²) in [5.74, 6) is 0.416. The van der Waals surface area contributed by atoms with Crippen molar-refractivity contribution in [2.45, 2.75) is 45.6 Å². The van der Waals surface area contributed by atoms with E-state index in [9.17, 15) is 9.59 Å². The second-order valence-electron chi connectivity index (χ2n) is 5.64. The molecule has 1 heterocycles. The topological polar surface area (TPSA) is 73.2 Å². The smallest absolute Gasteiger partial charge is 0.306 e. The molecule has 0 saturated heterocycles. The van der Waals surface area contributed by atoms with Gasteiger partial charge in [-0.25, -0.2) is 4.98 Å². The number of carbonyl (C=O) groups is 2. The Morgan fingerprint density at radius 1 is 1.35 bits per heavy atom. The van der Waals surface area contributed by atoms with Crippen LogP contribution < -0.4 is 5.32 Å². The summed E-state index contributed by atoms with van der Waals surface area (Å²) in [7, 11) is 1.91. The predicted molar refractivity (Wildman–Crippen MR) is 75.0 cm³/mol. The maximum atomic E-state index is 11.6. The zero-order valence-electron chi connectivity index (χ0n) is 12.6. The number of imidazole rings is 1. The second-order valence-corrected chi connectivity index (χ2v) is 5.64. The first-order valence-electron chi connectivity index (χ1n) is 6.72. The number of nitrogens with one attached hydrogen (secondary N) is 1. The first kappa shape index (κ1) is 16.2. The first-order chi connectivity index (χ1) is 9.28. The minimum atomic E-state index is -0.508. The lowest BCUT2D eigenvalue weighted by Crippen LogP contribution is -2.28. The third-order valence-corrected chi connectivity index (χ3v) is 2.57. The minimum Gasteiger partial charge on any atom is -0.460 e. The van der Waals surface area contributed by atoms with Gasteiger partial charge in [-0.05, 0) is 20.8 Å². The van der Waals surface area contributed by atoms with Crippen molar-refractivity contribution in [3.05, 3.63) is 18.2 Å². The van der Waals surface area contributed by atoms with Crippen LogP contribution in [0.4, 0.5) is 0 Å². The van der Waals surface area contributed by atoms with Gasteiger partial charge < -0.3 is 14.6 Å².